The number of nitrogens with one attached hydrogen (secondary N) is 3. The Hall–Kier alpha value is -2.51. The highest BCUT2D eigenvalue weighted by atomic mass is 16.8. The Kier molecular flexibility index (Phi) is 20.9. The third-order valence-corrected chi connectivity index (χ3v) is 11.2. The third kappa shape index (κ3) is 13.2. The molecule has 0 spiro atoms. The zero-order chi connectivity index (χ0) is 48.6. The number of carbonyl (C=O) groups is 3. The van der Waals surface area contributed by atoms with Gasteiger partial charge in [-0.05, 0) is 0 Å². The van der Waals surface area contributed by atoms with Gasteiger partial charge in [-0.15, -0.1) is 0 Å². The molecule has 4 rings (SSSR count). The molecule has 4 saturated heterocycles. The minimum absolute atomic E-state index is 0.776. The first-order valence-electron chi connectivity index (χ1n) is 20.5. The molecular weight excluding hydrogens is 890 g/mol. The Morgan fingerprint density at radius 1 is 0.523 bits per heavy atom. The van der Waals surface area contributed by atoms with E-state index in [0.29, 0.717) is 0 Å². The van der Waals surface area contributed by atoms with Crippen LogP contribution in [0.15, 0.2) is 0 Å². The lowest BCUT2D eigenvalue weighted by molar-refractivity contribution is -0.361. The number of hydrogen-bond donors (Lipinski definition) is 18. The molecule has 3 amide bonds. The Labute approximate surface area is 369 Å². The van der Waals surface area contributed by atoms with Crippen molar-refractivity contribution in [3.8, 4) is 0 Å². The molecule has 0 aliphatic carbocycles. The van der Waals surface area contributed by atoms with Crippen molar-refractivity contribution in [2.75, 3.05) is 39.6 Å². The topological polar surface area (TPSA) is 465 Å². The number of rotatable bonds is 20. The lowest BCUT2D eigenvalue weighted by Gasteiger charge is -2.49. The van der Waals surface area contributed by atoms with E-state index >= 15 is 0 Å². The molecule has 0 saturated carbocycles. The van der Waals surface area contributed by atoms with Crippen LogP contribution in [0.1, 0.15) is 20.8 Å². The van der Waals surface area contributed by atoms with E-state index < -0.39 is 204 Å². The van der Waals surface area contributed by atoms with Crippen LogP contribution in [0.2, 0.25) is 0 Å². The molecular formula is C36H63N3O26. The zero-order valence-corrected chi connectivity index (χ0v) is 35.3. The second-order valence-electron chi connectivity index (χ2n) is 16.0. The maximum absolute atomic E-state index is 12.7. The normalized spacial score (nSPS) is 42.0. The van der Waals surface area contributed by atoms with Gasteiger partial charge in [0.1, 0.15) is 116 Å². The molecule has 29 heteroatoms. The highest BCUT2D eigenvalue weighted by Crippen LogP contribution is 2.34. The monoisotopic (exact) mass is 953 g/mol. The highest BCUT2D eigenvalue weighted by Gasteiger charge is 2.55. The van der Waals surface area contributed by atoms with E-state index in [9.17, 15) is 91.0 Å². The first-order valence-corrected chi connectivity index (χ1v) is 20.5. The summed E-state index contributed by atoms with van der Waals surface area (Å²) in [4.78, 5) is 37.2. The van der Waals surface area contributed by atoms with Gasteiger partial charge in [-0.3, -0.25) is 14.4 Å². The van der Waals surface area contributed by atoms with Crippen LogP contribution in [0.3, 0.4) is 0 Å². The Bertz CT molecular complexity index is 1510. The summed E-state index contributed by atoms with van der Waals surface area (Å²) in [6.45, 7) is -2.60. The van der Waals surface area contributed by atoms with E-state index in [1.54, 1.807) is 0 Å². The molecule has 4 aliphatic heterocycles. The van der Waals surface area contributed by atoms with E-state index in [-0.39, 0.29) is 0 Å². The largest absolute Gasteiger partial charge is 0.394 e. The van der Waals surface area contributed by atoms with Crippen molar-refractivity contribution in [1.29, 1.82) is 0 Å². The van der Waals surface area contributed by atoms with Crippen LogP contribution >= 0.6 is 0 Å². The fraction of sp³-hybridized carbons (Fsp3) is 0.917. The first kappa shape index (κ1) is 55.1. The Balaban J connectivity index is 1.71. The van der Waals surface area contributed by atoms with Crippen molar-refractivity contribution in [3.05, 3.63) is 0 Å². The summed E-state index contributed by atoms with van der Waals surface area (Å²) >= 11 is 0. The summed E-state index contributed by atoms with van der Waals surface area (Å²) in [7, 11) is 0. The van der Waals surface area contributed by atoms with Gasteiger partial charge in [0.2, 0.25) is 17.7 Å². The minimum atomic E-state index is -2.14. The van der Waals surface area contributed by atoms with E-state index in [0.717, 1.165) is 20.8 Å². The summed E-state index contributed by atoms with van der Waals surface area (Å²) in [6, 6.07) is -5.00. The van der Waals surface area contributed by atoms with Gasteiger partial charge < -0.3 is 130 Å². The van der Waals surface area contributed by atoms with Crippen LogP contribution < -0.4 is 16.0 Å². The number of amides is 3. The molecule has 0 aromatic rings. The number of aliphatic hydroxyl groups is 15. The van der Waals surface area contributed by atoms with Gasteiger partial charge in [0, 0.05) is 20.8 Å². The van der Waals surface area contributed by atoms with Crippen molar-refractivity contribution in [1.82, 2.24) is 16.0 Å². The molecule has 29 nitrogen and oxygen atoms in total. The Morgan fingerprint density at radius 3 is 1.46 bits per heavy atom. The molecule has 0 aromatic carbocycles. The molecule has 0 aromatic heterocycles. The fourth-order valence-corrected chi connectivity index (χ4v) is 7.73. The molecule has 0 bridgehead atoms. The van der Waals surface area contributed by atoms with Gasteiger partial charge >= 0.3 is 0 Å². The summed E-state index contributed by atoms with van der Waals surface area (Å²) in [5, 5.41) is 164. The van der Waals surface area contributed by atoms with Crippen LogP contribution in [0.5, 0.6) is 0 Å². The number of aliphatic hydroxyl groups excluding tert-OH is 15. The molecule has 4 aliphatic rings. The minimum Gasteiger partial charge on any atom is -0.394 e. The summed E-state index contributed by atoms with van der Waals surface area (Å²) < 4.78 is 46.3. The van der Waals surface area contributed by atoms with Crippen LogP contribution in [0, 0.1) is 0 Å². The van der Waals surface area contributed by atoms with Crippen LogP contribution in [0.25, 0.3) is 0 Å². The molecule has 24 atom stereocenters. The third-order valence-electron chi connectivity index (χ3n) is 11.2. The SMILES string of the molecule is CC(=O)NC1C(OC[C@H]2O[C@H](O[C@@H]([C@@H](O)[C@H](O)CO)[C@H](CO)NC(C)=O)[C@H](NC(C)=O)[C@@H](OC3O[C@H](CO)[C@H](O)[C@H](O)[C@H]3O)[C@H]2O)OC(CO)C(O[C@@H]2O[C@H](CO)[C@H](O)[C@H](O)[C@H]2O)C1O. The van der Waals surface area contributed by atoms with Crippen LogP contribution in [-0.2, 0) is 52.3 Å². The van der Waals surface area contributed by atoms with Crippen LogP contribution in [-0.4, -0.2) is 281 Å². The van der Waals surface area contributed by atoms with Gasteiger partial charge in [0.25, 0.3) is 0 Å². The standard InChI is InChI=1S/C36H63N3O26/c1-10(45)37-13(4-40)30(21(49)14(48)5-41)63-34-20(39-12(3)47)32(65-36-29(57)27(55)23(51)16(7-43)60-36)24(52)18(62-34)9-58-33-19(38-11(2)46)25(53)31(17(8-44)61-33)64-35-28(56)26(54)22(50)15(6-42)59-35/h13-36,40-44,48-57H,4-9H2,1-3H3,(H,37,45)(H,38,46)(H,39,47)/t13-,14+,15+,16+,17?,18+,19?,20+,21-,22-,23-,24-,25?,26-,27-,28+,29+,30+,31?,32+,33?,34+,35-,36?/m0/s1. The zero-order valence-electron chi connectivity index (χ0n) is 35.3. The number of hydrogen-bond acceptors (Lipinski definition) is 26. The lowest BCUT2D eigenvalue weighted by Crippen LogP contribution is -2.70. The number of ether oxygens (including phenoxy) is 8. The van der Waals surface area contributed by atoms with Gasteiger partial charge in [-0.25, -0.2) is 0 Å². The van der Waals surface area contributed by atoms with Gasteiger partial charge in [0.15, 0.2) is 25.2 Å². The van der Waals surface area contributed by atoms with Crippen molar-refractivity contribution >= 4 is 17.7 Å². The fourth-order valence-electron chi connectivity index (χ4n) is 7.73. The summed E-state index contributed by atoms with van der Waals surface area (Å²) in [6.07, 6.45) is -39.4. The smallest absolute Gasteiger partial charge is 0.217 e. The molecule has 0 radical (unpaired) electrons. The molecule has 4 fully saturated rings. The maximum Gasteiger partial charge on any atom is 0.217 e. The predicted molar refractivity (Wildman–Crippen MR) is 204 cm³/mol. The van der Waals surface area contributed by atoms with E-state index in [1.165, 1.54) is 0 Å². The van der Waals surface area contributed by atoms with Gasteiger partial charge in [-0.2, -0.15) is 0 Å². The molecule has 6 unspecified atom stereocenters. The second-order valence-corrected chi connectivity index (χ2v) is 16.0. The molecule has 18 N–H and O–H groups in total. The van der Waals surface area contributed by atoms with E-state index in [4.69, 9.17) is 37.9 Å². The van der Waals surface area contributed by atoms with E-state index in [2.05, 4.69) is 16.0 Å². The van der Waals surface area contributed by atoms with Crippen molar-refractivity contribution in [2.45, 2.75) is 168 Å². The molecule has 4 heterocycles. The Morgan fingerprint density at radius 2 is 1.00 bits per heavy atom. The van der Waals surface area contributed by atoms with Crippen molar-refractivity contribution in [2.24, 2.45) is 0 Å². The molecule has 65 heavy (non-hydrogen) atoms. The predicted octanol–water partition coefficient (Wildman–Crippen LogP) is -11.9. The van der Waals surface area contributed by atoms with Crippen molar-refractivity contribution < 1.29 is 129 Å². The lowest BCUT2D eigenvalue weighted by atomic mass is 9.94. The first-order chi connectivity index (χ1) is 30.6. The van der Waals surface area contributed by atoms with Gasteiger partial charge in [-0.1, -0.05) is 0 Å². The van der Waals surface area contributed by atoms with Gasteiger partial charge in [0.05, 0.1) is 45.7 Å². The maximum atomic E-state index is 12.7. The van der Waals surface area contributed by atoms with Crippen molar-refractivity contribution in [3.63, 3.8) is 0 Å². The quantitative estimate of drug-likeness (QED) is 0.0539. The average molecular weight is 954 g/mol. The van der Waals surface area contributed by atoms with Crippen LogP contribution in [0.4, 0.5) is 0 Å². The van der Waals surface area contributed by atoms with E-state index in [1.807, 2.05) is 0 Å². The number of carbonyl (C=O) groups excluding carboxylic acids is 3. The molecule has 378 valence electrons. The second kappa shape index (κ2) is 24.7. The average Bonchev–Trinajstić information content (AvgIpc) is 3.26. The highest BCUT2D eigenvalue weighted by molar-refractivity contribution is 5.74. The summed E-state index contributed by atoms with van der Waals surface area (Å²) in [5.74, 6) is -2.42. The summed E-state index contributed by atoms with van der Waals surface area (Å²) in [5.41, 5.74) is 0.